The quantitative estimate of drug-likeness (QED) is 0.663. The van der Waals surface area contributed by atoms with Gasteiger partial charge in [0.05, 0.1) is 12.8 Å². The summed E-state index contributed by atoms with van der Waals surface area (Å²) in [6, 6.07) is 14.2. The number of ether oxygens (including phenoxy) is 1. The second-order valence-corrected chi connectivity index (χ2v) is 6.49. The van der Waals surface area contributed by atoms with Gasteiger partial charge in [0, 0.05) is 17.4 Å². The first-order valence-electron chi connectivity index (χ1n) is 8.56. The molecule has 2 N–H and O–H groups in total. The fourth-order valence-electron chi connectivity index (χ4n) is 2.74. The molecule has 3 aromatic rings. The van der Waals surface area contributed by atoms with Gasteiger partial charge in [-0.25, -0.2) is 4.98 Å². The minimum atomic E-state index is 0.563. The second-order valence-electron chi connectivity index (χ2n) is 6.49. The van der Waals surface area contributed by atoms with E-state index in [4.69, 9.17) is 4.74 Å². The van der Waals surface area contributed by atoms with Crippen molar-refractivity contribution in [2.24, 2.45) is 0 Å². The van der Waals surface area contributed by atoms with Gasteiger partial charge in [-0.1, -0.05) is 18.2 Å². The van der Waals surface area contributed by atoms with Gasteiger partial charge < -0.3 is 15.4 Å². The lowest BCUT2D eigenvalue weighted by Gasteiger charge is -2.14. The van der Waals surface area contributed by atoms with E-state index in [0.717, 1.165) is 33.9 Å². The summed E-state index contributed by atoms with van der Waals surface area (Å²) < 4.78 is 5.44. The molecule has 0 aliphatic carbocycles. The third kappa shape index (κ3) is 4.11. The lowest BCUT2D eigenvalue weighted by Crippen LogP contribution is -2.04. The fraction of sp³-hybridized carbons (Fsp3) is 0.238. The Balaban J connectivity index is 1.91. The number of methoxy groups -OCH3 is 1. The van der Waals surface area contributed by atoms with E-state index in [1.807, 2.05) is 38.1 Å². The number of nitrogens with one attached hydrogen (secondary N) is 2. The Labute approximate surface area is 154 Å². The van der Waals surface area contributed by atoms with Crippen LogP contribution in [-0.4, -0.2) is 17.1 Å². The van der Waals surface area contributed by atoms with Gasteiger partial charge in [0.25, 0.3) is 0 Å². The molecular formula is C21H24N4O. The number of rotatable bonds is 5. The van der Waals surface area contributed by atoms with E-state index in [0.29, 0.717) is 11.8 Å². The maximum atomic E-state index is 5.44. The summed E-state index contributed by atoms with van der Waals surface area (Å²) in [6.45, 7) is 8.13. The summed E-state index contributed by atoms with van der Waals surface area (Å²) in [5.41, 5.74) is 6.25. The smallest absolute Gasteiger partial charge is 0.229 e. The Kier molecular flexibility index (Phi) is 5.07. The minimum absolute atomic E-state index is 0.563. The van der Waals surface area contributed by atoms with E-state index in [-0.39, 0.29) is 0 Å². The van der Waals surface area contributed by atoms with E-state index in [1.54, 1.807) is 7.11 Å². The van der Waals surface area contributed by atoms with E-state index < -0.39 is 0 Å². The molecule has 3 rings (SSSR count). The molecule has 1 aromatic heterocycles. The fourth-order valence-corrected chi connectivity index (χ4v) is 2.74. The zero-order valence-corrected chi connectivity index (χ0v) is 15.8. The van der Waals surface area contributed by atoms with Crippen molar-refractivity contribution in [3.05, 3.63) is 64.8 Å². The highest BCUT2D eigenvalue weighted by molar-refractivity contribution is 5.67. The number of nitrogens with zero attached hydrogens (tertiary/aromatic N) is 2. The maximum Gasteiger partial charge on any atom is 0.229 e. The first kappa shape index (κ1) is 17.7. The van der Waals surface area contributed by atoms with Gasteiger partial charge in [-0.15, -0.1) is 0 Å². The predicted octanol–water partition coefficient (Wildman–Crippen LogP) is 5.21. The highest BCUT2D eigenvalue weighted by Crippen LogP contribution is 2.29. The van der Waals surface area contributed by atoms with E-state index >= 15 is 0 Å². The molecule has 0 radical (unpaired) electrons. The molecule has 0 aliphatic rings. The Morgan fingerprint density at radius 2 is 1.46 bits per heavy atom. The molecule has 0 spiro atoms. The molecule has 26 heavy (non-hydrogen) atoms. The van der Waals surface area contributed by atoms with Crippen molar-refractivity contribution >= 4 is 23.1 Å². The molecule has 134 valence electrons. The van der Waals surface area contributed by atoms with Crippen molar-refractivity contribution < 1.29 is 4.74 Å². The lowest BCUT2D eigenvalue weighted by molar-refractivity contribution is 0.416. The normalized spacial score (nSPS) is 10.5. The first-order valence-corrected chi connectivity index (χ1v) is 8.56. The third-order valence-corrected chi connectivity index (χ3v) is 4.11. The average Bonchev–Trinajstić information content (AvgIpc) is 2.58. The summed E-state index contributed by atoms with van der Waals surface area (Å²) in [4.78, 5) is 9.12. The molecule has 5 nitrogen and oxygen atoms in total. The monoisotopic (exact) mass is 348 g/mol. The predicted molar refractivity (Wildman–Crippen MR) is 107 cm³/mol. The minimum Gasteiger partial charge on any atom is -0.495 e. The van der Waals surface area contributed by atoms with Crippen molar-refractivity contribution in [1.29, 1.82) is 0 Å². The van der Waals surface area contributed by atoms with Crippen molar-refractivity contribution in [3.8, 4) is 5.75 Å². The first-order chi connectivity index (χ1) is 12.4. The van der Waals surface area contributed by atoms with Gasteiger partial charge in [-0.3, -0.25) is 0 Å². The lowest BCUT2D eigenvalue weighted by atomic mass is 10.1. The number of aryl methyl sites for hydroxylation is 4. The van der Waals surface area contributed by atoms with Gasteiger partial charge in [-0.05, 0) is 62.6 Å². The van der Waals surface area contributed by atoms with Gasteiger partial charge in [0.2, 0.25) is 5.95 Å². The van der Waals surface area contributed by atoms with Gasteiger partial charge in [0.1, 0.15) is 11.6 Å². The van der Waals surface area contributed by atoms with Crippen LogP contribution in [0.5, 0.6) is 5.75 Å². The molecule has 1 heterocycles. The number of hydrogen-bond acceptors (Lipinski definition) is 5. The highest BCUT2D eigenvalue weighted by atomic mass is 16.5. The van der Waals surface area contributed by atoms with E-state index in [1.165, 1.54) is 5.56 Å². The van der Waals surface area contributed by atoms with Crippen LogP contribution in [0, 0.1) is 27.7 Å². The largest absolute Gasteiger partial charge is 0.495 e. The Morgan fingerprint density at radius 1 is 0.769 bits per heavy atom. The van der Waals surface area contributed by atoms with Crippen molar-refractivity contribution in [2.45, 2.75) is 27.7 Å². The molecule has 0 saturated carbocycles. The Bertz CT molecular complexity index is 937. The molecule has 0 atom stereocenters. The van der Waals surface area contributed by atoms with E-state index in [2.05, 4.69) is 52.6 Å². The summed E-state index contributed by atoms with van der Waals surface area (Å²) >= 11 is 0. The van der Waals surface area contributed by atoms with Gasteiger partial charge >= 0.3 is 0 Å². The maximum absolute atomic E-state index is 5.44. The SMILES string of the molecule is COc1ccc(C)cc1Nc1cc(C)nc(Nc2cc(C)ccc2C)n1. The number of hydrogen-bond donors (Lipinski definition) is 2. The number of aromatic nitrogens is 2. The topological polar surface area (TPSA) is 59.1 Å². The molecule has 0 saturated heterocycles. The van der Waals surface area contributed by atoms with Gasteiger partial charge in [0.15, 0.2) is 0 Å². The number of benzene rings is 2. The second kappa shape index (κ2) is 7.44. The van der Waals surface area contributed by atoms with Crippen LogP contribution in [0.25, 0.3) is 0 Å². The Hall–Kier alpha value is -3.08. The van der Waals surface area contributed by atoms with Crippen LogP contribution in [0.15, 0.2) is 42.5 Å². The summed E-state index contributed by atoms with van der Waals surface area (Å²) in [5.74, 6) is 2.05. The van der Waals surface area contributed by atoms with Crippen LogP contribution < -0.4 is 15.4 Å². The summed E-state index contributed by atoms with van der Waals surface area (Å²) in [6.07, 6.45) is 0. The van der Waals surface area contributed by atoms with Gasteiger partial charge in [-0.2, -0.15) is 4.98 Å². The zero-order valence-electron chi connectivity index (χ0n) is 15.8. The molecule has 0 aliphatic heterocycles. The van der Waals surface area contributed by atoms with E-state index in [9.17, 15) is 0 Å². The van der Waals surface area contributed by atoms with Crippen molar-refractivity contribution in [2.75, 3.05) is 17.7 Å². The molecule has 5 heteroatoms. The van der Waals surface area contributed by atoms with Crippen LogP contribution in [-0.2, 0) is 0 Å². The van der Waals surface area contributed by atoms with Crippen molar-refractivity contribution in [3.63, 3.8) is 0 Å². The standard InChI is InChI=1S/C21H24N4O/c1-13-6-8-15(3)17(10-13)24-21-22-16(4)12-20(25-21)23-18-11-14(2)7-9-19(18)26-5/h6-12H,1-5H3,(H2,22,23,24,25). The number of anilines is 4. The Morgan fingerprint density at radius 3 is 2.19 bits per heavy atom. The molecule has 0 bridgehead atoms. The summed E-state index contributed by atoms with van der Waals surface area (Å²) in [5, 5.41) is 6.67. The third-order valence-electron chi connectivity index (χ3n) is 4.11. The molecule has 0 amide bonds. The summed E-state index contributed by atoms with van der Waals surface area (Å²) in [7, 11) is 1.66. The molecule has 0 unspecified atom stereocenters. The van der Waals surface area contributed by atoms with Crippen LogP contribution in [0.4, 0.5) is 23.1 Å². The van der Waals surface area contributed by atoms with Crippen LogP contribution >= 0.6 is 0 Å². The van der Waals surface area contributed by atoms with Crippen LogP contribution in [0.2, 0.25) is 0 Å². The van der Waals surface area contributed by atoms with Crippen LogP contribution in [0.1, 0.15) is 22.4 Å². The van der Waals surface area contributed by atoms with Crippen LogP contribution in [0.3, 0.4) is 0 Å². The highest BCUT2D eigenvalue weighted by Gasteiger charge is 2.08. The molecule has 2 aromatic carbocycles. The zero-order chi connectivity index (χ0) is 18.7. The van der Waals surface area contributed by atoms with Crippen molar-refractivity contribution in [1.82, 2.24) is 9.97 Å². The molecule has 0 fully saturated rings. The average molecular weight is 348 g/mol. The molecular weight excluding hydrogens is 324 g/mol.